The zero-order valence-electron chi connectivity index (χ0n) is 12.3. The first-order valence-electron chi connectivity index (χ1n) is 7.37. The highest BCUT2D eigenvalue weighted by Gasteiger charge is 2.02. The van der Waals surface area contributed by atoms with E-state index in [1.54, 1.807) is 0 Å². The van der Waals surface area contributed by atoms with Gasteiger partial charge in [0.2, 0.25) is 0 Å². The molecular weight excluding hydrogens is 308 g/mol. The van der Waals surface area contributed by atoms with Gasteiger partial charge in [-0.2, -0.15) is 0 Å². The van der Waals surface area contributed by atoms with Crippen LogP contribution in [0.4, 0.5) is 0 Å². The number of nitrogens with zero attached hydrogens (tertiary/aromatic N) is 2. The van der Waals surface area contributed by atoms with Crippen molar-refractivity contribution in [2.75, 3.05) is 24.6 Å². The van der Waals surface area contributed by atoms with E-state index in [-0.39, 0.29) is 0 Å². The van der Waals surface area contributed by atoms with Gasteiger partial charge in [0.1, 0.15) is 0 Å². The van der Waals surface area contributed by atoms with Crippen molar-refractivity contribution in [3.63, 3.8) is 0 Å². The van der Waals surface area contributed by atoms with E-state index in [9.17, 15) is 0 Å². The van der Waals surface area contributed by atoms with Gasteiger partial charge in [0.05, 0.1) is 0 Å². The summed E-state index contributed by atoms with van der Waals surface area (Å²) < 4.78 is 0. The zero-order chi connectivity index (χ0) is 15.0. The number of thioether (sulfide) groups is 2. The molecule has 0 radical (unpaired) electrons. The summed E-state index contributed by atoms with van der Waals surface area (Å²) in [5, 5.41) is 0. The monoisotopic (exact) mass is 326 g/mol. The minimum absolute atomic E-state index is 0.829. The molecule has 1 aliphatic heterocycles. The maximum Gasteiger partial charge on any atom is 0.0483 e. The predicted octanol–water partition coefficient (Wildman–Crippen LogP) is 4.42. The van der Waals surface area contributed by atoms with E-state index in [2.05, 4.69) is 58.5 Å². The summed E-state index contributed by atoms with van der Waals surface area (Å²) in [4.78, 5) is 11.7. The van der Waals surface area contributed by atoms with Crippen molar-refractivity contribution in [3.8, 4) is 0 Å². The molecule has 112 valence electrons. The molecule has 0 spiro atoms. The molecule has 1 heterocycles. The summed E-state index contributed by atoms with van der Waals surface area (Å²) in [6.45, 7) is 1.66. The Morgan fingerprint density at radius 2 is 1.09 bits per heavy atom. The van der Waals surface area contributed by atoms with Crippen LogP contribution in [0.3, 0.4) is 0 Å². The Labute approximate surface area is 140 Å². The second-order valence-electron chi connectivity index (χ2n) is 4.84. The predicted molar refractivity (Wildman–Crippen MR) is 99.3 cm³/mol. The molecule has 0 N–H and O–H groups in total. The summed E-state index contributed by atoms with van der Waals surface area (Å²) >= 11 is 3.69. The van der Waals surface area contributed by atoms with Crippen molar-refractivity contribution in [1.29, 1.82) is 0 Å². The van der Waals surface area contributed by atoms with Crippen molar-refractivity contribution in [2.45, 2.75) is 9.79 Å². The smallest absolute Gasteiger partial charge is 0.0483 e. The van der Waals surface area contributed by atoms with Crippen LogP contribution < -0.4 is 0 Å². The summed E-state index contributed by atoms with van der Waals surface area (Å²) in [6, 6.07) is 16.9. The molecule has 0 aromatic heterocycles. The van der Waals surface area contributed by atoms with E-state index in [1.807, 2.05) is 36.0 Å². The van der Waals surface area contributed by atoms with Crippen LogP contribution in [0, 0.1) is 0 Å². The maximum absolute atomic E-state index is 4.58. The fraction of sp³-hybridized carbons (Fsp3) is 0.222. The molecule has 0 bridgehead atoms. The summed E-state index contributed by atoms with van der Waals surface area (Å²) in [5.41, 5.74) is 2.41. The molecule has 1 aliphatic rings. The second kappa shape index (κ2) is 8.20. The van der Waals surface area contributed by atoms with Gasteiger partial charge in [0.15, 0.2) is 0 Å². The lowest BCUT2D eigenvalue weighted by atomic mass is 10.2. The van der Waals surface area contributed by atoms with Gasteiger partial charge in [-0.15, -0.1) is 23.5 Å². The summed E-state index contributed by atoms with van der Waals surface area (Å²) in [6.07, 6.45) is 4.01. The summed E-state index contributed by atoms with van der Waals surface area (Å²) in [5.74, 6) is 1.97. The lowest BCUT2D eigenvalue weighted by Crippen LogP contribution is -1.95. The van der Waals surface area contributed by atoms with Crippen LogP contribution in [-0.2, 0) is 0 Å². The minimum Gasteiger partial charge on any atom is -0.292 e. The highest BCUT2D eigenvalue weighted by molar-refractivity contribution is 7.99. The van der Waals surface area contributed by atoms with Crippen LogP contribution in [-0.4, -0.2) is 37.0 Å². The molecule has 0 unspecified atom stereocenters. The quantitative estimate of drug-likeness (QED) is 0.716. The molecule has 3 rings (SSSR count). The number of hydrogen-bond acceptors (Lipinski definition) is 4. The Kier molecular flexibility index (Phi) is 5.73. The molecule has 4 heteroatoms. The largest absolute Gasteiger partial charge is 0.292 e. The highest BCUT2D eigenvalue weighted by atomic mass is 32.2. The van der Waals surface area contributed by atoms with E-state index < -0.39 is 0 Å². The van der Waals surface area contributed by atoms with Crippen LogP contribution in [0.15, 0.2) is 68.3 Å². The fourth-order valence-corrected chi connectivity index (χ4v) is 3.94. The van der Waals surface area contributed by atoms with Crippen molar-refractivity contribution in [1.82, 2.24) is 0 Å². The van der Waals surface area contributed by atoms with E-state index in [1.165, 1.54) is 20.9 Å². The number of benzene rings is 2. The van der Waals surface area contributed by atoms with Crippen LogP contribution in [0.1, 0.15) is 11.1 Å². The minimum atomic E-state index is 0.829. The highest BCUT2D eigenvalue weighted by Crippen LogP contribution is 2.23. The van der Waals surface area contributed by atoms with Gasteiger partial charge in [-0.05, 0) is 12.1 Å². The van der Waals surface area contributed by atoms with Crippen LogP contribution >= 0.6 is 23.5 Å². The Balaban J connectivity index is 1.79. The topological polar surface area (TPSA) is 24.7 Å². The third-order valence-electron chi connectivity index (χ3n) is 3.25. The molecule has 0 saturated heterocycles. The van der Waals surface area contributed by atoms with Gasteiger partial charge < -0.3 is 0 Å². The Morgan fingerprint density at radius 1 is 0.636 bits per heavy atom. The lowest BCUT2D eigenvalue weighted by Gasteiger charge is -2.07. The molecule has 2 aromatic rings. The van der Waals surface area contributed by atoms with Gasteiger partial charge in [-0.1, -0.05) is 36.4 Å². The average Bonchev–Trinajstić information content (AvgIpc) is 2.56. The normalized spacial score (nSPS) is 15.6. The third kappa shape index (κ3) is 4.24. The SMILES string of the molecule is C1=NCCSc2ccccc2C=NCCSc2ccccc21. The van der Waals surface area contributed by atoms with Crippen LogP contribution in [0.5, 0.6) is 0 Å². The number of fused-ring (bicyclic) bond motifs is 2. The van der Waals surface area contributed by atoms with E-state index in [0.717, 1.165) is 24.6 Å². The molecule has 0 atom stereocenters. The van der Waals surface area contributed by atoms with Crippen LogP contribution in [0.2, 0.25) is 0 Å². The number of hydrogen-bond donors (Lipinski definition) is 0. The van der Waals surface area contributed by atoms with Gasteiger partial charge in [-0.25, -0.2) is 0 Å². The third-order valence-corrected chi connectivity index (χ3v) is 5.39. The van der Waals surface area contributed by atoms with Crippen molar-refractivity contribution in [2.24, 2.45) is 9.98 Å². The van der Waals surface area contributed by atoms with Crippen molar-refractivity contribution >= 4 is 36.0 Å². The van der Waals surface area contributed by atoms with Crippen molar-refractivity contribution in [3.05, 3.63) is 59.7 Å². The molecule has 2 nitrogen and oxygen atoms in total. The van der Waals surface area contributed by atoms with Gasteiger partial charge >= 0.3 is 0 Å². The zero-order valence-corrected chi connectivity index (χ0v) is 13.9. The standard InChI is InChI=1S/C18H18N2S2/c1-3-7-17-15(5-1)13-19-9-12-22-18-8-4-2-6-16(18)14-20-10-11-21-17/h1-8,13-14H,9-12H2. The average molecular weight is 326 g/mol. The first-order chi connectivity index (χ1) is 10.9. The van der Waals surface area contributed by atoms with E-state index >= 15 is 0 Å². The first-order valence-corrected chi connectivity index (χ1v) is 9.34. The Morgan fingerprint density at radius 3 is 1.59 bits per heavy atom. The molecule has 2 aromatic carbocycles. The maximum atomic E-state index is 4.58. The van der Waals surface area contributed by atoms with E-state index in [0.29, 0.717) is 0 Å². The molecule has 22 heavy (non-hydrogen) atoms. The Bertz CT molecular complexity index is 621. The Hall–Kier alpha value is -1.52. The molecule has 0 amide bonds. The van der Waals surface area contributed by atoms with Crippen molar-refractivity contribution < 1.29 is 0 Å². The number of aliphatic imine (C=N–C) groups is 2. The molecule has 0 fully saturated rings. The fourth-order valence-electron chi connectivity index (χ4n) is 2.18. The summed E-state index contributed by atoms with van der Waals surface area (Å²) in [7, 11) is 0. The first kappa shape index (κ1) is 15.4. The van der Waals surface area contributed by atoms with Crippen LogP contribution in [0.25, 0.3) is 0 Å². The molecule has 0 saturated carbocycles. The lowest BCUT2D eigenvalue weighted by molar-refractivity contribution is 1.14. The van der Waals surface area contributed by atoms with Gasteiger partial charge in [0, 0.05) is 57.9 Å². The second-order valence-corrected chi connectivity index (χ2v) is 7.12. The van der Waals surface area contributed by atoms with Gasteiger partial charge in [0.25, 0.3) is 0 Å². The van der Waals surface area contributed by atoms with Gasteiger partial charge in [-0.3, -0.25) is 9.98 Å². The molecule has 0 aliphatic carbocycles. The van der Waals surface area contributed by atoms with E-state index in [4.69, 9.17) is 0 Å². The number of rotatable bonds is 0. The molecular formula is C18H18N2S2.